The first-order chi connectivity index (χ1) is 9.11. The molecule has 0 atom stereocenters. The molecular weight excluding hydrogens is 266 g/mol. The first-order valence-corrected chi connectivity index (χ1v) is 6.52. The smallest absolute Gasteiger partial charge is 0.343 e. The van der Waals surface area contributed by atoms with Crippen molar-refractivity contribution in [3.8, 4) is 5.75 Å². The molecule has 1 heterocycles. The first-order valence-electron chi connectivity index (χ1n) is 5.53. The van der Waals surface area contributed by atoms with Crippen molar-refractivity contribution < 1.29 is 9.53 Å². The molecule has 6 nitrogen and oxygen atoms in total. The molecule has 0 amide bonds. The zero-order valence-corrected chi connectivity index (χ0v) is 11.4. The maximum absolute atomic E-state index is 11.9. The minimum absolute atomic E-state index is 0.0249. The van der Waals surface area contributed by atoms with Crippen LogP contribution in [-0.2, 0) is 7.05 Å². The molecule has 0 saturated heterocycles. The molecule has 1 N–H and O–H groups in total. The van der Waals surface area contributed by atoms with Crippen molar-refractivity contribution in [2.45, 2.75) is 5.16 Å². The molecule has 7 heteroatoms. The van der Waals surface area contributed by atoms with E-state index in [9.17, 15) is 9.59 Å². The van der Waals surface area contributed by atoms with Crippen LogP contribution in [0.4, 0.5) is 0 Å². The highest BCUT2D eigenvalue weighted by Gasteiger charge is 2.10. The molecule has 100 valence electrons. The number of methoxy groups -OCH3 is 1. The molecule has 2 aromatic rings. The van der Waals surface area contributed by atoms with E-state index in [0.717, 1.165) is 0 Å². The number of carbonyl (C=O) groups excluding carboxylic acids is 1. The number of Topliss-reactive ketones (excluding diaryl/α,β-unsaturated/α-hetero) is 1. The molecule has 0 aliphatic carbocycles. The maximum atomic E-state index is 11.9. The molecule has 1 aromatic carbocycles. The molecule has 0 fully saturated rings. The van der Waals surface area contributed by atoms with E-state index in [0.29, 0.717) is 16.5 Å². The second kappa shape index (κ2) is 5.75. The molecule has 0 aliphatic heterocycles. The third-order valence-electron chi connectivity index (χ3n) is 2.58. The zero-order valence-electron chi connectivity index (χ0n) is 10.5. The van der Waals surface area contributed by atoms with Gasteiger partial charge in [0.2, 0.25) is 0 Å². The number of hydrogen-bond donors (Lipinski definition) is 1. The van der Waals surface area contributed by atoms with E-state index < -0.39 is 0 Å². The van der Waals surface area contributed by atoms with Gasteiger partial charge in [-0.15, -0.1) is 5.10 Å². The number of H-pyrrole nitrogens is 1. The van der Waals surface area contributed by atoms with E-state index in [4.69, 9.17) is 4.74 Å². The molecule has 0 radical (unpaired) electrons. The van der Waals surface area contributed by atoms with Crippen LogP contribution in [0.15, 0.2) is 34.2 Å². The van der Waals surface area contributed by atoms with Crippen molar-refractivity contribution in [2.24, 2.45) is 7.05 Å². The van der Waals surface area contributed by atoms with Crippen LogP contribution in [0.25, 0.3) is 0 Å². The molecule has 0 spiro atoms. The predicted octanol–water partition coefficient (Wildman–Crippen LogP) is 1.09. The number of benzene rings is 1. The second-order valence-electron chi connectivity index (χ2n) is 3.81. The Bertz CT molecular complexity index is 630. The fraction of sp³-hybridized carbons (Fsp3) is 0.250. The number of thioether (sulfide) groups is 1. The van der Waals surface area contributed by atoms with E-state index in [2.05, 4.69) is 10.2 Å². The number of ketones is 1. The van der Waals surface area contributed by atoms with E-state index in [1.54, 1.807) is 38.4 Å². The highest BCUT2D eigenvalue weighted by Crippen LogP contribution is 2.16. The largest absolute Gasteiger partial charge is 0.497 e. The van der Waals surface area contributed by atoms with Crippen molar-refractivity contribution in [2.75, 3.05) is 12.9 Å². The van der Waals surface area contributed by atoms with Crippen LogP contribution in [0, 0.1) is 0 Å². The Morgan fingerprint density at radius 1 is 1.42 bits per heavy atom. The zero-order chi connectivity index (χ0) is 13.8. The van der Waals surface area contributed by atoms with Gasteiger partial charge >= 0.3 is 5.69 Å². The summed E-state index contributed by atoms with van der Waals surface area (Å²) in [4.78, 5) is 23.1. The summed E-state index contributed by atoms with van der Waals surface area (Å²) < 4.78 is 6.40. The molecule has 2 rings (SSSR count). The number of ether oxygens (including phenoxy) is 1. The highest BCUT2D eigenvalue weighted by atomic mass is 32.2. The number of rotatable bonds is 5. The Morgan fingerprint density at radius 3 is 2.63 bits per heavy atom. The lowest BCUT2D eigenvalue weighted by Gasteiger charge is -2.02. The number of aromatic amines is 1. The molecule has 0 bridgehead atoms. The van der Waals surface area contributed by atoms with Crippen LogP contribution in [0.5, 0.6) is 5.75 Å². The van der Waals surface area contributed by atoms with E-state index >= 15 is 0 Å². The van der Waals surface area contributed by atoms with E-state index in [-0.39, 0.29) is 17.2 Å². The number of nitrogens with one attached hydrogen (secondary N) is 1. The van der Waals surface area contributed by atoms with Crippen molar-refractivity contribution in [3.05, 3.63) is 40.3 Å². The summed E-state index contributed by atoms with van der Waals surface area (Å²) in [7, 11) is 3.18. The minimum atomic E-state index is -0.292. The molecular formula is C12H13N3O3S. The third kappa shape index (κ3) is 3.05. The van der Waals surface area contributed by atoms with Gasteiger partial charge in [0, 0.05) is 12.6 Å². The van der Waals surface area contributed by atoms with Crippen LogP contribution in [0.1, 0.15) is 10.4 Å². The number of nitrogens with zero attached hydrogens (tertiary/aromatic N) is 2. The number of carbonyl (C=O) groups is 1. The minimum Gasteiger partial charge on any atom is -0.497 e. The lowest BCUT2D eigenvalue weighted by atomic mass is 10.1. The van der Waals surface area contributed by atoms with Gasteiger partial charge in [0.1, 0.15) is 5.75 Å². The van der Waals surface area contributed by atoms with Gasteiger partial charge in [-0.05, 0) is 24.3 Å². The average molecular weight is 279 g/mol. The van der Waals surface area contributed by atoms with Crippen molar-refractivity contribution in [3.63, 3.8) is 0 Å². The lowest BCUT2D eigenvalue weighted by Crippen LogP contribution is -2.13. The van der Waals surface area contributed by atoms with Gasteiger partial charge < -0.3 is 4.74 Å². The fourth-order valence-corrected chi connectivity index (χ4v) is 2.27. The monoisotopic (exact) mass is 279 g/mol. The molecule has 0 saturated carbocycles. The molecule has 19 heavy (non-hydrogen) atoms. The maximum Gasteiger partial charge on any atom is 0.343 e. The van der Waals surface area contributed by atoms with Gasteiger partial charge in [-0.25, -0.2) is 9.89 Å². The van der Waals surface area contributed by atoms with Crippen LogP contribution in [0.3, 0.4) is 0 Å². The Morgan fingerprint density at radius 2 is 2.11 bits per heavy atom. The summed E-state index contributed by atoms with van der Waals surface area (Å²) >= 11 is 1.22. The normalized spacial score (nSPS) is 10.4. The highest BCUT2D eigenvalue weighted by molar-refractivity contribution is 7.99. The van der Waals surface area contributed by atoms with Gasteiger partial charge in [0.05, 0.1) is 12.9 Å². The van der Waals surface area contributed by atoms with Crippen LogP contribution in [-0.4, -0.2) is 33.4 Å². The van der Waals surface area contributed by atoms with Gasteiger partial charge in [0.15, 0.2) is 10.9 Å². The number of aromatic nitrogens is 3. The van der Waals surface area contributed by atoms with Crippen molar-refractivity contribution >= 4 is 17.5 Å². The Labute approximate surface area is 113 Å². The average Bonchev–Trinajstić information content (AvgIpc) is 2.76. The SMILES string of the molecule is COc1ccc(C(=O)CSc2n[nH]c(=O)n2C)cc1. The number of hydrogen-bond acceptors (Lipinski definition) is 5. The van der Waals surface area contributed by atoms with Crippen LogP contribution in [0.2, 0.25) is 0 Å². The Hall–Kier alpha value is -2.02. The summed E-state index contributed by atoms with van der Waals surface area (Å²) in [6, 6.07) is 6.90. The second-order valence-corrected chi connectivity index (χ2v) is 4.75. The lowest BCUT2D eigenvalue weighted by molar-refractivity contribution is 0.102. The Balaban J connectivity index is 2.01. The van der Waals surface area contributed by atoms with Crippen molar-refractivity contribution in [1.82, 2.24) is 14.8 Å². The van der Waals surface area contributed by atoms with Gasteiger partial charge in [-0.3, -0.25) is 9.36 Å². The van der Waals surface area contributed by atoms with E-state index in [1.807, 2.05) is 0 Å². The molecule has 0 aliphatic rings. The topological polar surface area (TPSA) is 77.0 Å². The Kier molecular flexibility index (Phi) is 4.06. The van der Waals surface area contributed by atoms with Crippen LogP contribution >= 0.6 is 11.8 Å². The van der Waals surface area contributed by atoms with Crippen LogP contribution < -0.4 is 10.4 Å². The molecule has 0 unspecified atom stereocenters. The predicted molar refractivity (Wildman–Crippen MR) is 71.9 cm³/mol. The summed E-state index contributed by atoms with van der Waals surface area (Å²) in [6.45, 7) is 0. The standard InChI is InChI=1S/C12H13N3O3S/c1-15-11(17)13-14-12(15)19-7-10(16)8-3-5-9(18-2)6-4-8/h3-6H,7H2,1-2H3,(H,13,17). The molecule has 1 aromatic heterocycles. The fourth-order valence-electron chi connectivity index (χ4n) is 1.45. The van der Waals surface area contributed by atoms with Gasteiger partial charge in [-0.2, -0.15) is 0 Å². The van der Waals surface area contributed by atoms with Crippen molar-refractivity contribution in [1.29, 1.82) is 0 Å². The third-order valence-corrected chi connectivity index (χ3v) is 3.61. The summed E-state index contributed by atoms with van der Waals surface area (Å²) in [6.07, 6.45) is 0. The van der Waals surface area contributed by atoms with Gasteiger partial charge in [0.25, 0.3) is 0 Å². The summed E-state index contributed by atoms with van der Waals surface area (Å²) in [5.41, 5.74) is 0.313. The quantitative estimate of drug-likeness (QED) is 0.655. The first kappa shape index (κ1) is 13.4. The summed E-state index contributed by atoms with van der Waals surface area (Å²) in [5, 5.41) is 6.64. The summed E-state index contributed by atoms with van der Waals surface area (Å²) in [5.74, 6) is 0.909. The van der Waals surface area contributed by atoms with Gasteiger partial charge in [-0.1, -0.05) is 11.8 Å². The van der Waals surface area contributed by atoms with E-state index in [1.165, 1.54) is 16.3 Å².